The van der Waals surface area contributed by atoms with E-state index in [0.717, 1.165) is 6.54 Å². The zero-order valence-electron chi connectivity index (χ0n) is 10.4. The van der Waals surface area contributed by atoms with E-state index in [4.69, 9.17) is 0 Å². The normalized spacial score (nSPS) is 10.2. The number of nitrogens with one attached hydrogen (secondary N) is 2. The second kappa shape index (κ2) is 5.44. The Labute approximate surface area is 105 Å². The van der Waals surface area contributed by atoms with Crippen LogP contribution >= 0.6 is 0 Å². The molecule has 1 aromatic carbocycles. The van der Waals surface area contributed by atoms with Gasteiger partial charge in [-0.25, -0.2) is 9.37 Å². The van der Waals surface area contributed by atoms with Crippen molar-refractivity contribution in [3.63, 3.8) is 0 Å². The predicted octanol–water partition coefficient (Wildman–Crippen LogP) is 3.10. The summed E-state index contributed by atoms with van der Waals surface area (Å²) >= 11 is 0. The second-order valence-electron chi connectivity index (χ2n) is 3.86. The fourth-order valence-corrected chi connectivity index (χ4v) is 1.57. The monoisotopic (exact) mass is 246 g/mol. The fraction of sp³-hybridized carbons (Fsp3) is 0.231. The molecular weight excluding hydrogens is 231 g/mol. The van der Waals surface area contributed by atoms with E-state index in [-0.39, 0.29) is 5.82 Å². The molecule has 18 heavy (non-hydrogen) atoms. The molecule has 0 bridgehead atoms. The minimum Gasteiger partial charge on any atom is -0.369 e. The number of halogens is 1. The van der Waals surface area contributed by atoms with Crippen LogP contribution in [0.1, 0.15) is 12.5 Å². The molecule has 0 unspecified atom stereocenters. The lowest BCUT2D eigenvalue weighted by Crippen LogP contribution is -2.03. The minimum absolute atomic E-state index is 0.240. The van der Waals surface area contributed by atoms with E-state index in [2.05, 4.69) is 20.6 Å². The molecule has 2 N–H and O–H groups in total. The number of aromatic nitrogens is 2. The summed E-state index contributed by atoms with van der Waals surface area (Å²) in [7, 11) is 0. The highest BCUT2D eigenvalue weighted by atomic mass is 19.1. The van der Waals surface area contributed by atoms with Crippen LogP contribution in [-0.4, -0.2) is 16.5 Å². The number of anilines is 3. The highest BCUT2D eigenvalue weighted by Crippen LogP contribution is 2.21. The maximum atomic E-state index is 13.4. The van der Waals surface area contributed by atoms with Crippen LogP contribution in [0.3, 0.4) is 0 Å². The van der Waals surface area contributed by atoms with Gasteiger partial charge in [0.2, 0.25) is 0 Å². The molecule has 0 aliphatic heterocycles. The fourth-order valence-electron chi connectivity index (χ4n) is 1.57. The summed E-state index contributed by atoms with van der Waals surface area (Å²) in [6, 6.07) is 4.90. The van der Waals surface area contributed by atoms with Gasteiger partial charge in [0.05, 0.1) is 12.4 Å². The minimum atomic E-state index is -0.240. The van der Waals surface area contributed by atoms with E-state index in [1.54, 1.807) is 31.5 Å². The van der Waals surface area contributed by atoms with Crippen molar-refractivity contribution in [2.45, 2.75) is 13.8 Å². The summed E-state index contributed by atoms with van der Waals surface area (Å²) in [5.74, 6) is 1.04. The van der Waals surface area contributed by atoms with Crippen LogP contribution in [0.25, 0.3) is 0 Å². The predicted molar refractivity (Wildman–Crippen MR) is 70.6 cm³/mol. The maximum absolute atomic E-state index is 13.4. The van der Waals surface area contributed by atoms with Crippen molar-refractivity contribution in [2.75, 3.05) is 17.2 Å². The van der Waals surface area contributed by atoms with Gasteiger partial charge in [-0.1, -0.05) is 6.07 Å². The number of hydrogen-bond donors (Lipinski definition) is 2. The van der Waals surface area contributed by atoms with Gasteiger partial charge in [0, 0.05) is 17.8 Å². The third-order valence-corrected chi connectivity index (χ3v) is 2.52. The van der Waals surface area contributed by atoms with Gasteiger partial charge in [-0.3, -0.25) is 4.98 Å². The van der Waals surface area contributed by atoms with E-state index in [9.17, 15) is 4.39 Å². The Morgan fingerprint density at radius 3 is 2.78 bits per heavy atom. The molecule has 5 heteroatoms. The molecule has 1 aromatic heterocycles. The average molecular weight is 246 g/mol. The lowest BCUT2D eigenvalue weighted by Gasteiger charge is -2.10. The Morgan fingerprint density at radius 1 is 1.22 bits per heavy atom. The van der Waals surface area contributed by atoms with Crippen molar-refractivity contribution >= 4 is 17.3 Å². The van der Waals surface area contributed by atoms with Crippen molar-refractivity contribution in [1.29, 1.82) is 0 Å². The van der Waals surface area contributed by atoms with Crippen molar-refractivity contribution in [2.24, 2.45) is 0 Å². The SMILES string of the molecule is CCNc1cncc(Nc2cccc(F)c2C)n1. The van der Waals surface area contributed by atoms with E-state index in [1.165, 1.54) is 6.07 Å². The van der Waals surface area contributed by atoms with Crippen LogP contribution in [0.2, 0.25) is 0 Å². The summed E-state index contributed by atoms with van der Waals surface area (Å²) in [4.78, 5) is 8.39. The molecule has 2 aromatic rings. The molecule has 0 spiro atoms. The Balaban J connectivity index is 2.23. The molecule has 0 aliphatic carbocycles. The quantitative estimate of drug-likeness (QED) is 0.870. The molecule has 1 heterocycles. The number of hydrogen-bond acceptors (Lipinski definition) is 4. The smallest absolute Gasteiger partial charge is 0.151 e. The van der Waals surface area contributed by atoms with Gasteiger partial charge in [-0.15, -0.1) is 0 Å². The largest absolute Gasteiger partial charge is 0.369 e. The third-order valence-electron chi connectivity index (χ3n) is 2.52. The number of nitrogens with zero attached hydrogens (tertiary/aromatic N) is 2. The molecule has 0 atom stereocenters. The van der Waals surface area contributed by atoms with Crippen LogP contribution < -0.4 is 10.6 Å². The molecular formula is C13H15FN4. The highest BCUT2D eigenvalue weighted by molar-refractivity contribution is 5.60. The summed E-state index contributed by atoms with van der Waals surface area (Å²) < 4.78 is 13.4. The van der Waals surface area contributed by atoms with Crippen molar-refractivity contribution < 1.29 is 4.39 Å². The number of rotatable bonds is 4. The molecule has 4 nitrogen and oxygen atoms in total. The van der Waals surface area contributed by atoms with Crippen LogP contribution in [0.5, 0.6) is 0 Å². The third kappa shape index (κ3) is 2.74. The van der Waals surface area contributed by atoms with E-state index in [1.807, 2.05) is 6.92 Å². The van der Waals surface area contributed by atoms with Gasteiger partial charge in [0.15, 0.2) is 5.82 Å². The first kappa shape index (κ1) is 12.3. The summed E-state index contributed by atoms with van der Waals surface area (Å²) in [6.07, 6.45) is 3.25. The van der Waals surface area contributed by atoms with Crippen LogP contribution in [0.4, 0.5) is 21.7 Å². The lowest BCUT2D eigenvalue weighted by molar-refractivity contribution is 0.619. The molecule has 0 aliphatic rings. The van der Waals surface area contributed by atoms with Crippen molar-refractivity contribution in [3.05, 3.63) is 42.0 Å². The maximum Gasteiger partial charge on any atom is 0.151 e. The molecule has 2 rings (SSSR count). The Morgan fingerprint density at radius 2 is 2.00 bits per heavy atom. The summed E-state index contributed by atoms with van der Waals surface area (Å²) in [5, 5.41) is 6.13. The second-order valence-corrected chi connectivity index (χ2v) is 3.86. The number of benzene rings is 1. The van der Waals surface area contributed by atoms with Crippen LogP contribution in [-0.2, 0) is 0 Å². The zero-order chi connectivity index (χ0) is 13.0. The van der Waals surface area contributed by atoms with Gasteiger partial charge in [0.1, 0.15) is 11.6 Å². The first-order chi connectivity index (χ1) is 8.70. The lowest BCUT2D eigenvalue weighted by atomic mass is 10.2. The first-order valence-electron chi connectivity index (χ1n) is 5.78. The Hall–Kier alpha value is -2.17. The molecule has 94 valence electrons. The van der Waals surface area contributed by atoms with E-state index >= 15 is 0 Å². The molecule has 0 saturated heterocycles. The first-order valence-corrected chi connectivity index (χ1v) is 5.78. The van der Waals surface area contributed by atoms with Crippen molar-refractivity contribution in [3.8, 4) is 0 Å². The molecule has 0 fully saturated rings. The van der Waals surface area contributed by atoms with Crippen LogP contribution in [0.15, 0.2) is 30.6 Å². The summed E-state index contributed by atoms with van der Waals surface area (Å²) in [6.45, 7) is 4.48. The highest BCUT2D eigenvalue weighted by Gasteiger charge is 2.04. The van der Waals surface area contributed by atoms with Gasteiger partial charge in [-0.05, 0) is 26.0 Å². The van der Waals surface area contributed by atoms with Crippen LogP contribution in [0, 0.1) is 12.7 Å². The van der Waals surface area contributed by atoms with Crippen molar-refractivity contribution in [1.82, 2.24) is 9.97 Å². The zero-order valence-corrected chi connectivity index (χ0v) is 10.4. The molecule has 0 radical (unpaired) electrons. The Kier molecular flexibility index (Phi) is 3.72. The van der Waals surface area contributed by atoms with Gasteiger partial charge in [-0.2, -0.15) is 0 Å². The van der Waals surface area contributed by atoms with Gasteiger partial charge in [0.25, 0.3) is 0 Å². The average Bonchev–Trinajstić information content (AvgIpc) is 2.36. The summed E-state index contributed by atoms with van der Waals surface area (Å²) in [5.41, 5.74) is 1.26. The van der Waals surface area contributed by atoms with E-state index in [0.29, 0.717) is 22.9 Å². The Bertz CT molecular complexity index is 542. The standard InChI is InChI=1S/C13H15FN4/c1-3-16-12-7-15-8-13(18-12)17-11-6-4-5-10(14)9(11)2/h4-8H,3H2,1-2H3,(H2,16,17,18). The van der Waals surface area contributed by atoms with Gasteiger partial charge < -0.3 is 10.6 Å². The van der Waals surface area contributed by atoms with Gasteiger partial charge >= 0.3 is 0 Å². The topological polar surface area (TPSA) is 49.8 Å². The van der Waals surface area contributed by atoms with E-state index < -0.39 is 0 Å². The molecule has 0 saturated carbocycles. The molecule has 0 amide bonds.